The van der Waals surface area contributed by atoms with Crippen LogP contribution in [-0.4, -0.2) is 45.7 Å². The molecule has 1 aromatic carbocycles. The average Bonchev–Trinajstić information content (AvgIpc) is 3.02. The van der Waals surface area contributed by atoms with Crippen LogP contribution in [0.3, 0.4) is 0 Å². The van der Waals surface area contributed by atoms with Gasteiger partial charge in [0, 0.05) is 13.0 Å². The van der Waals surface area contributed by atoms with Crippen LogP contribution >= 0.6 is 0 Å². The highest BCUT2D eigenvalue weighted by Crippen LogP contribution is 2.29. The molecule has 0 spiro atoms. The van der Waals surface area contributed by atoms with Crippen LogP contribution in [0.1, 0.15) is 68.8 Å². The number of rotatable bonds is 10. The number of nitrogens with zero attached hydrogens (tertiary/aromatic N) is 1. The topological polar surface area (TPSA) is 77.8 Å². The smallest absolute Gasteiger partial charge is 0.335 e. The van der Waals surface area contributed by atoms with Gasteiger partial charge in [0.05, 0.1) is 17.7 Å². The molecular weight excluding hydrogens is 354 g/mol. The Morgan fingerprint density at radius 2 is 2.00 bits per heavy atom. The number of carbonyl (C=O) groups is 2. The van der Waals surface area contributed by atoms with Crippen molar-refractivity contribution in [2.24, 2.45) is 5.41 Å². The van der Waals surface area contributed by atoms with Crippen LogP contribution in [-0.2, 0) is 11.2 Å². The molecule has 1 fully saturated rings. The summed E-state index contributed by atoms with van der Waals surface area (Å²) in [5.41, 5.74) is 1.10. The minimum Gasteiger partial charge on any atom is -0.478 e. The molecule has 1 aliphatic rings. The Morgan fingerprint density at radius 1 is 1.32 bits per heavy atom. The number of amides is 1. The standard InChI is InChI=1S/C23H33NO4/c1-4-5-15-23(2,3)20(25)12-10-19-11-13-21(26)24(19)16-14-17-6-8-18(9-7-17)22(27)28/h6-10,12,19-20,25H,4-5,11,13-16H2,1-3H3,(H,27,28)/b12-10+/t19?,20-/m0/s1. The molecule has 2 N–H and O–H groups in total. The zero-order chi connectivity index (χ0) is 20.7. The van der Waals surface area contributed by atoms with Gasteiger partial charge in [0.1, 0.15) is 0 Å². The van der Waals surface area contributed by atoms with Crippen molar-refractivity contribution in [3.8, 4) is 0 Å². The van der Waals surface area contributed by atoms with Gasteiger partial charge < -0.3 is 15.1 Å². The Morgan fingerprint density at radius 3 is 2.61 bits per heavy atom. The van der Waals surface area contributed by atoms with Gasteiger partial charge in [0.25, 0.3) is 0 Å². The van der Waals surface area contributed by atoms with Gasteiger partial charge in [-0.25, -0.2) is 4.79 Å². The van der Waals surface area contributed by atoms with Gasteiger partial charge in [-0.2, -0.15) is 0 Å². The number of benzene rings is 1. The zero-order valence-electron chi connectivity index (χ0n) is 17.2. The number of hydrogen-bond acceptors (Lipinski definition) is 3. The van der Waals surface area contributed by atoms with Gasteiger partial charge in [-0.15, -0.1) is 0 Å². The monoisotopic (exact) mass is 387 g/mol. The fourth-order valence-corrected chi connectivity index (χ4v) is 3.58. The lowest BCUT2D eigenvalue weighted by molar-refractivity contribution is -0.128. The fourth-order valence-electron chi connectivity index (χ4n) is 3.58. The lowest BCUT2D eigenvalue weighted by atomic mass is 9.81. The maximum atomic E-state index is 12.3. The summed E-state index contributed by atoms with van der Waals surface area (Å²) in [6.45, 7) is 6.90. The van der Waals surface area contributed by atoms with E-state index in [0.29, 0.717) is 19.4 Å². The molecule has 28 heavy (non-hydrogen) atoms. The van der Waals surface area contributed by atoms with Crippen molar-refractivity contribution < 1.29 is 19.8 Å². The predicted molar refractivity (Wildman–Crippen MR) is 110 cm³/mol. The van der Waals surface area contributed by atoms with Gasteiger partial charge in [0.2, 0.25) is 5.91 Å². The first-order valence-electron chi connectivity index (χ1n) is 10.2. The number of carboxylic acids is 1. The van der Waals surface area contributed by atoms with Gasteiger partial charge in [-0.3, -0.25) is 4.79 Å². The summed E-state index contributed by atoms with van der Waals surface area (Å²) in [6.07, 6.45) is 8.46. The normalized spacial score (nSPS) is 18.8. The van der Waals surface area contributed by atoms with E-state index >= 15 is 0 Å². The average molecular weight is 388 g/mol. The maximum Gasteiger partial charge on any atom is 0.335 e. The summed E-state index contributed by atoms with van der Waals surface area (Å²) in [5.74, 6) is -0.802. The number of likely N-dealkylation sites (tertiary alicyclic amines) is 1. The molecule has 1 saturated heterocycles. The molecule has 5 nitrogen and oxygen atoms in total. The summed E-state index contributed by atoms with van der Waals surface area (Å²) < 4.78 is 0. The second-order valence-electron chi connectivity index (χ2n) is 8.37. The highest BCUT2D eigenvalue weighted by Gasteiger charge is 2.30. The lowest BCUT2D eigenvalue weighted by Crippen LogP contribution is -2.34. The van der Waals surface area contributed by atoms with Crippen LogP contribution in [0.4, 0.5) is 0 Å². The van der Waals surface area contributed by atoms with Crippen LogP contribution in [0, 0.1) is 5.41 Å². The van der Waals surface area contributed by atoms with Crippen molar-refractivity contribution in [2.75, 3.05) is 6.54 Å². The molecule has 154 valence electrons. The van der Waals surface area contributed by atoms with E-state index in [4.69, 9.17) is 5.11 Å². The van der Waals surface area contributed by atoms with Gasteiger partial charge in [-0.05, 0) is 42.4 Å². The largest absolute Gasteiger partial charge is 0.478 e. The van der Waals surface area contributed by atoms with Crippen LogP contribution in [0.15, 0.2) is 36.4 Å². The number of unbranched alkanes of at least 4 members (excludes halogenated alkanes) is 1. The van der Waals surface area contributed by atoms with Gasteiger partial charge in [0.15, 0.2) is 0 Å². The molecule has 0 saturated carbocycles. The fraction of sp³-hybridized carbons (Fsp3) is 0.565. The van der Waals surface area contributed by atoms with Gasteiger partial charge >= 0.3 is 5.97 Å². The van der Waals surface area contributed by atoms with E-state index in [0.717, 1.165) is 31.2 Å². The summed E-state index contributed by atoms with van der Waals surface area (Å²) in [7, 11) is 0. The van der Waals surface area contributed by atoms with Crippen LogP contribution in [0.5, 0.6) is 0 Å². The number of carbonyl (C=O) groups excluding carboxylic acids is 1. The SMILES string of the molecule is CCCCC(C)(C)[C@@H](O)/C=C/C1CCC(=O)N1CCc1ccc(C(=O)O)cc1. The molecule has 0 bridgehead atoms. The Bertz CT molecular complexity index is 693. The van der Waals surface area contributed by atoms with Crippen LogP contribution < -0.4 is 0 Å². The third-order valence-electron chi connectivity index (χ3n) is 5.71. The molecule has 1 unspecified atom stereocenters. The van der Waals surface area contributed by atoms with Gasteiger partial charge in [-0.1, -0.05) is 57.9 Å². The minimum absolute atomic E-state index is 0.0161. The molecule has 0 aliphatic carbocycles. The first kappa shape index (κ1) is 22.2. The maximum absolute atomic E-state index is 12.3. The molecule has 1 heterocycles. The van der Waals surface area contributed by atoms with Crippen LogP contribution in [0.2, 0.25) is 0 Å². The minimum atomic E-state index is -0.938. The summed E-state index contributed by atoms with van der Waals surface area (Å²) in [6, 6.07) is 6.80. The number of aliphatic hydroxyl groups excluding tert-OH is 1. The summed E-state index contributed by atoms with van der Waals surface area (Å²) >= 11 is 0. The molecule has 2 rings (SSSR count). The van der Waals surface area contributed by atoms with E-state index in [9.17, 15) is 14.7 Å². The van der Waals surface area contributed by atoms with E-state index in [-0.39, 0.29) is 22.9 Å². The molecule has 1 aliphatic heterocycles. The number of aliphatic hydroxyl groups is 1. The van der Waals surface area contributed by atoms with Crippen molar-refractivity contribution in [3.63, 3.8) is 0 Å². The molecule has 1 amide bonds. The third-order valence-corrected chi connectivity index (χ3v) is 5.71. The van der Waals surface area contributed by atoms with E-state index in [1.165, 1.54) is 0 Å². The Hall–Kier alpha value is -2.14. The van der Waals surface area contributed by atoms with E-state index in [1.54, 1.807) is 24.3 Å². The van der Waals surface area contributed by atoms with Crippen LogP contribution in [0.25, 0.3) is 0 Å². The quantitative estimate of drug-likeness (QED) is 0.594. The Balaban J connectivity index is 1.95. The molecule has 2 atom stereocenters. The van der Waals surface area contributed by atoms with E-state index < -0.39 is 12.1 Å². The van der Waals surface area contributed by atoms with E-state index in [2.05, 4.69) is 20.8 Å². The number of aromatic carboxylic acids is 1. The van der Waals surface area contributed by atoms with Crippen molar-refractivity contribution in [2.45, 2.75) is 71.4 Å². The van der Waals surface area contributed by atoms with Crippen molar-refractivity contribution in [1.82, 2.24) is 4.90 Å². The van der Waals surface area contributed by atoms with Crippen molar-refractivity contribution >= 4 is 11.9 Å². The lowest BCUT2D eigenvalue weighted by Gasteiger charge is -2.29. The predicted octanol–water partition coefficient (Wildman–Crippen LogP) is 4.05. The molecular formula is C23H33NO4. The number of carboxylic acid groups (broad SMARTS) is 1. The molecule has 5 heteroatoms. The Labute approximate surface area is 168 Å². The van der Waals surface area contributed by atoms with Crippen molar-refractivity contribution in [1.29, 1.82) is 0 Å². The summed E-state index contributed by atoms with van der Waals surface area (Å²) in [5, 5.41) is 19.5. The van der Waals surface area contributed by atoms with E-state index in [1.807, 2.05) is 17.1 Å². The third kappa shape index (κ3) is 5.93. The van der Waals surface area contributed by atoms with Crippen molar-refractivity contribution in [3.05, 3.63) is 47.5 Å². The highest BCUT2D eigenvalue weighted by atomic mass is 16.4. The highest BCUT2D eigenvalue weighted by molar-refractivity contribution is 5.87. The Kier molecular flexibility index (Phi) is 7.81. The molecule has 0 radical (unpaired) electrons. The summed E-state index contributed by atoms with van der Waals surface area (Å²) in [4.78, 5) is 25.1. The molecule has 0 aromatic heterocycles. The first-order chi connectivity index (χ1) is 13.2. The first-order valence-corrected chi connectivity index (χ1v) is 10.2. The molecule has 1 aromatic rings. The number of hydrogen-bond donors (Lipinski definition) is 2. The second-order valence-corrected chi connectivity index (χ2v) is 8.37. The zero-order valence-corrected chi connectivity index (χ0v) is 17.2. The second kappa shape index (κ2) is 9.87.